The Balaban J connectivity index is 1.85. The summed E-state index contributed by atoms with van der Waals surface area (Å²) in [6, 6.07) is 1.64. The fraction of sp³-hybridized carbons (Fsp3) is 0.312. The average Bonchev–Trinajstić information content (AvgIpc) is 3.24. The lowest BCUT2D eigenvalue weighted by molar-refractivity contribution is 0.0613. The first-order valence-corrected chi connectivity index (χ1v) is 8.31. The normalized spacial score (nSPS) is 23.9. The van der Waals surface area contributed by atoms with Gasteiger partial charge in [-0.3, -0.25) is 5.10 Å². The molecule has 0 spiro atoms. The molecule has 0 radical (unpaired) electrons. The summed E-state index contributed by atoms with van der Waals surface area (Å²) in [5.41, 5.74) is 2.39. The van der Waals surface area contributed by atoms with Crippen molar-refractivity contribution in [2.75, 3.05) is 0 Å². The van der Waals surface area contributed by atoms with E-state index in [1.807, 2.05) is 6.20 Å². The van der Waals surface area contributed by atoms with E-state index in [0.29, 0.717) is 34.2 Å². The summed E-state index contributed by atoms with van der Waals surface area (Å²) in [5, 5.41) is 28.0. The highest BCUT2D eigenvalue weighted by molar-refractivity contribution is 6.45. The number of fused-ring (bicyclic) bond motifs is 1. The second kappa shape index (κ2) is 5.97. The summed E-state index contributed by atoms with van der Waals surface area (Å²) in [6.45, 7) is 0. The Bertz CT molecular complexity index is 878. The molecule has 126 valence electrons. The number of hydrogen-bond donors (Lipinski definition) is 4. The standard InChI is InChI=1S/C16H15Cl2N3O3/c17-10-3-13(24-12-2-8(22)1-11(12)23)14-9(7-4-20-21-5-7)6-19-16(14)15(10)18/h3-6,8,11-12,19,22-23H,1-2H2,(H,20,21)/t8-,11-,12-/m0/s1. The number of aliphatic hydroxyl groups excluding tert-OH is 2. The van der Waals surface area contributed by atoms with Gasteiger partial charge in [0, 0.05) is 42.4 Å². The van der Waals surface area contributed by atoms with Gasteiger partial charge in [0.05, 0.1) is 39.4 Å². The molecule has 0 saturated heterocycles. The van der Waals surface area contributed by atoms with Crippen LogP contribution in [0.25, 0.3) is 22.0 Å². The van der Waals surface area contributed by atoms with E-state index >= 15 is 0 Å². The van der Waals surface area contributed by atoms with Crippen LogP contribution in [0.3, 0.4) is 0 Å². The lowest BCUT2D eigenvalue weighted by atomic mass is 10.1. The number of hydrogen-bond acceptors (Lipinski definition) is 4. The zero-order chi connectivity index (χ0) is 16.8. The number of H-pyrrole nitrogens is 2. The van der Waals surface area contributed by atoms with Crippen LogP contribution < -0.4 is 4.74 Å². The topological polar surface area (TPSA) is 94.2 Å². The van der Waals surface area contributed by atoms with Crippen LogP contribution in [0.2, 0.25) is 10.0 Å². The summed E-state index contributed by atoms with van der Waals surface area (Å²) in [5.74, 6) is 0.509. The van der Waals surface area contributed by atoms with Gasteiger partial charge in [-0.25, -0.2) is 0 Å². The van der Waals surface area contributed by atoms with Gasteiger partial charge in [-0.2, -0.15) is 5.10 Å². The number of halogens is 2. The van der Waals surface area contributed by atoms with Crippen molar-refractivity contribution in [2.45, 2.75) is 31.2 Å². The first-order chi connectivity index (χ1) is 11.5. The molecule has 4 rings (SSSR count). The second-order valence-corrected chi connectivity index (χ2v) is 6.74. The van der Waals surface area contributed by atoms with Crippen molar-refractivity contribution in [3.63, 3.8) is 0 Å². The SMILES string of the molecule is O[C@@H]1C[C@H](Oc2cc(Cl)c(Cl)c3[nH]cc(-c4cn[nH]c4)c23)[C@@H](O)C1. The minimum Gasteiger partial charge on any atom is -0.487 e. The van der Waals surface area contributed by atoms with Gasteiger partial charge in [-0.15, -0.1) is 0 Å². The molecule has 1 aliphatic carbocycles. The van der Waals surface area contributed by atoms with E-state index in [1.165, 1.54) is 0 Å². The van der Waals surface area contributed by atoms with E-state index in [4.69, 9.17) is 27.9 Å². The van der Waals surface area contributed by atoms with Gasteiger partial charge in [-0.1, -0.05) is 23.2 Å². The number of rotatable bonds is 3. The zero-order valence-electron chi connectivity index (χ0n) is 12.5. The Morgan fingerprint density at radius 3 is 2.71 bits per heavy atom. The Labute approximate surface area is 147 Å². The van der Waals surface area contributed by atoms with Crippen LogP contribution in [0, 0.1) is 0 Å². The molecule has 2 aromatic heterocycles. The van der Waals surface area contributed by atoms with Gasteiger partial charge in [0.25, 0.3) is 0 Å². The quantitative estimate of drug-likeness (QED) is 0.571. The van der Waals surface area contributed by atoms with Crippen LogP contribution in [0.5, 0.6) is 5.75 Å². The van der Waals surface area contributed by atoms with Crippen molar-refractivity contribution >= 4 is 34.1 Å². The van der Waals surface area contributed by atoms with Gasteiger partial charge in [0.2, 0.25) is 0 Å². The van der Waals surface area contributed by atoms with E-state index in [1.54, 1.807) is 18.5 Å². The highest BCUT2D eigenvalue weighted by Gasteiger charge is 2.34. The summed E-state index contributed by atoms with van der Waals surface area (Å²) in [4.78, 5) is 3.12. The second-order valence-electron chi connectivity index (χ2n) is 5.96. The third-order valence-corrected chi connectivity index (χ3v) is 5.14. The van der Waals surface area contributed by atoms with Crippen LogP contribution in [0.4, 0.5) is 0 Å². The lowest BCUT2D eigenvalue weighted by Crippen LogP contribution is -2.25. The number of aromatic nitrogens is 3. The molecular weight excluding hydrogens is 353 g/mol. The summed E-state index contributed by atoms with van der Waals surface area (Å²) in [7, 11) is 0. The Kier molecular flexibility index (Phi) is 3.92. The van der Waals surface area contributed by atoms with Crippen molar-refractivity contribution in [2.24, 2.45) is 0 Å². The van der Waals surface area contributed by atoms with Crippen molar-refractivity contribution in [3.05, 3.63) is 34.7 Å². The summed E-state index contributed by atoms with van der Waals surface area (Å²) in [6.07, 6.45) is 4.17. The molecule has 6 nitrogen and oxygen atoms in total. The molecular formula is C16H15Cl2N3O3. The van der Waals surface area contributed by atoms with Crippen LogP contribution >= 0.6 is 23.2 Å². The fourth-order valence-electron chi connectivity index (χ4n) is 3.18. The van der Waals surface area contributed by atoms with Crippen LogP contribution in [0.15, 0.2) is 24.7 Å². The molecule has 4 N–H and O–H groups in total. The number of aromatic amines is 2. The molecule has 0 unspecified atom stereocenters. The first-order valence-electron chi connectivity index (χ1n) is 7.55. The fourth-order valence-corrected chi connectivity index (χ4v) is 3.58. The van der Waals surface area contributed by atoms with E-state index in [-0.39, 0.29) is 0 Å². The lowest BCUT2D eigenvalue weighted by Gasteiger charge is -2.18. The Morgan fingerprint density at radius 1 is 1.21 bits per heavy atom. The maximum Gasteiger partial charge on any atom is 0.131 e. The molecule has 8 heteroatoms. The zero-order valence-corrected chi connectivity index (χ0v) is 14.0. The molecule has 24 heavy (non-hydrogen) atoms. The molecule has 1 aromatic carbocycles. The molecule has 1 saturated carbocycles. The smallest absolute Gasteiger partial charge is 0.131 e. The largest absolute Gasteiger partial charge is 0.487 e. The van der Waals surface area contributed by atoms with Crippen LogP contribution in [-0.4, -0.2) is 43.7 Å². The monoisotopic (exact) mass is 367 g/mol. The minimum atomic E-state index is -0.721. The van der Waals surface area contributed by atoms with Crippen molar-refractivity contribution < 1.29 is 14.9 Å². The predicted molar refractivity (Wildman–Crippen MR) is 91.6 cm³/mol. The van der Waals surface area contributed by atoms with Gasteiger partial charge in [0.1, 0.15) is 11.9 Å². The predicted octanol–water partition coefficient (Wildman–Crippen LogP) is 3.13. The number of benzene rings is 1. The minimum absolute atomic E-state index is 0.302. The highest BCUT2D eigenvalue weighted by atomic mass is 35.5. The number of ether oxygens (including phenoxy) is 1. The molecule has 0 aliphatic heterocycles. The Morgan fingerprint density at radius 2 is 2.04 bits per heavy atom. The number of nitrogens with zero attached hydrogens (tertiary/aromatic N) is 1. The van der Waals surface area contributed by atoms with Crippen LogP contribution in [0.1, 0.15) is 12.8 Å². The number of aliphatic hydroxyl groups is 2. The molecule has 3 atom stereocenters. The summed E-state index contributed by atoms with van der Waals surface area (Å²) >= 11 is 12.5. The van der Waals surface area contributed by atoms with Crippen molar-refractivity contribution in [1.82, 2.24) is 15.2 Å². The molecule has 1 aliphatic rings. The molecule has 0 bridgehead atoms. The van der Waals surface area contributed by atoms with Gasteiger partial charge >= 0.3 is 0 Å². The van der Waals surface area contributed by atoms with Gasteiger partial charge < -0.3 is 19.9 Å². The van der Waals surface area contributed by atoms with Gasteiger partial charge in [0.15, 0.2) is 0 Å². The molecule has 2 heterocycles. The molecule has 1 fully saturated rings. The molecule has 0 amide bonds. The average molecular weight is 368 g/mol. The highest BCUT2D eigenvalue weighted by Crippen LogP contribution is 2.43. The van der Waals surface area contributed by atoms with Crippen molar-refractivity contribution in [1.29, 1.82) is 0 Å². The number of nitrogens with one attached hydrogen (secondary N) is 2. The third kappa shape index (κ3) is 2.56. The molecule has 3 aromatic rings. The van der Waals surface area contributed by atoms with E-state index in [0.717, 1.165) is 16.5 Å². The van der Waals surface area contributed by atoms with Crippen LogP contribution in [-0.2, 0) is 0 Å². The maximum atomic E-state index is 10.1. The third-order valence-electron chi connectivity index (χ3n) is 4.35. The van der Waals surface area contributed by atoms with E-state index < -0.39 is 18.3 Å². The van der Waals surface area contributed by atoms with E-state index in [9.17, 15) is 10.2 Å². The van der Waals surface area contributed by atoms with Crippen molar-refractivity contribution in [3.8, 4) is 16.9 Å². The first kappa shape index (κ1) is 15.8. The summed E-state index contributed by atoms with van der Waals surface area (Å²) < 4.78 is 6.00. The van der Waals surface area contributed by atoms with E-state index in [2.05, 4.69) is 15.2 Å². The van der Waals surface area contributed by atoms with Gasteiger partial charge in [-0.05, 0) is 0 Å². The maximum absolute atomic E-state index is 10.1. The Hall–Kier alpha value is -1.73.